The molecule has 0 radical (unpaired) electrons. The van der Waals surface area contributed by atoms with E-state index in [0.717, 1.165) is 24.3 Å². The number of benzene rings is 1. The van der Waals surface area contributed by atoms with Crippen molar-refractivity contribution in [3.05, 3.63) is 64.6 Å². The zero-order valence-corrected chi connectivity index (χ0v) is 14.9. The van der Waals surface area contributed by atoms with Gasteiger partial charge in [0.15, 0.2) is 0 Å². The first-order chi connectivity index (χ1) is 12.2. The minimum absolute atomic E-state index is 0.117. The summed E-state index contributed by atoms with van der Waals surface area (Å²) >= 11 is 5.90. The van der Waals surface area contributed by atoms with Gasteiger partial charge in [0.25, 0.3) is 0 Å². The molecule has 0 aliphatic rings. The molecule has 8 heteroatoms. The molecule has 1 heterocycles. The van der Waals surface area contributed by atoms with E-state index in [2.05, 4.69) is 5.32 Å². The molecule has 0 aliphatic heterocycles. The normalized spacial score (nSPS) is 13.3. The zero-order valence-electron chi connectivity index (χ0n) is 14.2. The largest absolute Gasteiger partial charge is 0.468 e. The summed E-state index contributed by atoms with van der Waals surface area (Å²) < 4.78 is 43.6. The van der Waals surface area contributed by atoms with E-state index in [9.17, 15) is 18.0 Å². The van der Waals surface area contributed by atoms with Crippen molar-refractivity contribution in [3.8, 4) is 0 Å². The zero-order chi connectivity index (χ0) is 19.3. The minimum Gasteiger partial charge on any atom is -0.468 e. The number of nitrogens with zero attached hydrogens (tertiary/aromatic N) is 1. The third-order valence-corrected chi connectivity index (χ3v) is 4.05. The number of nitrogens with one attached hydrogen (secondary N) is 1. The number of carbonyl (C=O) groups excluding carboxylic acids is 1. The molecule has 2 rings (SSSR count). The monoisotopic (exact) mass is 386 g/mol. The summed E-state index contributed by atoms with van der Waals surface area (Å²) in [7, 11) is 3.69. The predicted molar refractivity (Wildman–Crippen MR) is 93.6 cm³/mol. The van der Waals surface area contributed by atoms with Crippen LogP contribution in [0, 0.1) is 0 Å². The molecule has 1 amide bonds. The molecular weight excluding hydrogens is 369 g/mol. The average Bonchev–Trinajstić information content (AvgIpc) is 3.07. The summed E-state index contributed by atoms with van der Waals surface area (Å²) in [5.41, 5.74) is -0.709. The average molecular weight is 387 g/mol. The van der Waals surface area contributed by atoms with Crippen LogP contribution in [0.3, 0.4) is 0 Å². The maximum absolute atomic E-state index is 12.8. The molecule has 0 saturated carbocycles. The van der Waals surface area contributed by atoms with E-state index in [-0.39, 0.29) is 23.2 Å². The van der Waals surface area contributed by atoms with Crippen molar-refractivity contribution in [2.75, 3.05) is 20.6 Å². The Morgan fingerprint density at radius 2 is 2.08 bits per heavy atom. The maximum atomic E-state index is 12.8. The number of carbonyl (C=O) groups is 1. The molecule has 2 aromatic rings. The molecule has 0 bridgehead atoms. The van der Waals surface area contributed by atoms with Crippen molar-refractivity contribution in [3.63, 3.8) is 0 Å². The molecule has 1 N–H and O–H groups in total. The molecule has 1 aromatic carbocycles. The molecule has 1 atom stereocenters. The second-order valence-electron chi connectivity index (χ2n) is 5.81. The SMILES string of the molecule is CN(C)C(CNC(=O)/C=C/c1cc(C(F)(F)F)ccc1Cl)c1ccco1. The molecule has 26 heavy (non-hydrogen) atoms. The molecule has 1 aromatic heterocycles. The van der Waals surface area contributed by atoms with Crippen LogP contribution in [0.25, 0.3) is 6.08 Å². The van der Waals surface area contributed by atoms with Gasteiger partial charge >= 0.3 is 6.18 Å². The minimum atomic E-state index is -4.47. The van der Waals surface area contributed by atoms with Gasteiger partial charge in [-0.15, -0.1) is 0 Å². The highest BCUT2D eigenvalue weighted by atomic mass is 35.5. The van der Waals surface area contributed by atoms with E-state index in [1.54, 1.807) is 18.4 Å². The van der Waals surface area contributed by atoms with Crippen molar-refractivity contribution in [1.82, 2.24) is 10.2 Å². The first-order valence-electron chi connectivity index (χ1n) is 7.71. The van der Waals surface area contributed by atoms with Gasteiger partial charge in [-0.3, -0.25) is 9.69 Å². The molecule has 1 unspecified atom stereocenters. The van der Waals surface area contributed by atoms with Gasteiger partial charge in [0.2, 0.25) is 5.91 Å². The van der Waals surface area contributed by atoms with Crippen molar-refractivity contribution in [2.24, 2.45) is 0 Å². The smallest absolute Gasteiger partial charge is 0.416 e. The third kappa shape index (κ3) is 5.37. The van der Waals surface area contributed by atoms with Crippen LogP contribution < -0.4 is 5.32 Å². The first-order valence-corrected chi connectivity index (χ1v) is 8.09. The fourth-order valence-corrected chi connectivity index (χ4v) is 2.47. The summed E-state index contributed by atoms with van der Waals surface area (Å²) in [6.45, 7) is 0.278. The lowest BCUT2D eigenvalue weighted by Crippen LogP contribution is -2.33. The van der Waals surface area contributed by atoms with Gasteiger partial charge in [-0.05, 0) is 56.1 Å². The Morgan fingerprint density at radius 3 is 2.65 bits per heavy atom. The second-order valence-corrected chi connectivity index (χ2v) is 6.21. The Bertz CT molecular complexity index is 771. The molecule has 140 valence electrons. The van der Waals surface area contributed by atoms with Crippen LogP contribution >= 0.6 is 11.6 Å². The fraction of sp³-hybridized carbons (Fsp3) is 0.278. The Kier molecular flexibility index (Phi) is 6.50. The summed E-state index contributed by atoms with van der Waals surface area (Å²) in [5, 5.41) is 2.82. The summed E-state index contributed by atoms with van der Waals surface area (Å²) in [5.74, 6) is 0.247. The molecule has 0 aliphatic carbocycles. The Balaban J connectivity index is 2.03. The Hall–Kier alpha value is -2.25. The summed E-state index contributed by atoms with van der Waals surface area (Å²) in [6, 6.07) is 6.33. The number of amides is 1. The van der Waals surface area contributed by atoms with Gasteiger partial charge < -0.3 is 9.73 Å². The number of halogens is 4. The highest BCUT2D eigenvalue weighted by molar-refractivity contribution is 6.32. The number of furan rings is 1. The van der Waals surface area contributed by atoms with E-state index in [0.29, 0.717) is 5.76 Å². The van der Waals surface area contributed by atoms with E-state index < -0.39 is 17.6 Å². The fourth-order valence-electron chi connectivity index (χ4n) is 2.29. The summed E-state index contributed by atoms with van der Waals surface area (Å²) in [6.07, 6.45) is -0.526. The van der Waals surface area contributed by atoms with Gasteiger partial charge in [0, 0.05) is 17.6 Å². The Morgan fingerprint density at radius 1 is 1.35 bits per heavy atom. The lowest BCUT2D eigenvalue weighted by Gasteiger charge is -2.22. The predicted octanol–water partition coefficient (Wildman–Crippen LogP) is 4.38. The molecular formula is C18H18ClF3N2O2. The van der Waals surface area contributed by atoms with Crippen LogP contribution in [-0.4, -0.2) is 31.4 Å². The van der Waals surface area contributed by atoms with E-state index in [1.165, 1.54) is 6.08 Å². The number of hydrogen-bond donors (Lipinski definition) is 1. The van der Waals surface area contributed by atoms with Crippen LogP contribution in [0.1, 0.15) is 22.9 Å². The van der Waals surface area contributed by atoms with E-state index in [4.69, 9.17) is 16.0 Å². The van der Waals surface area contributed by atoms with Crippen molar-refractivity contribution >= 4 is 23.6 Å². The van der Waals surface area contributed by atoms with Gasteiger partial charge in [-0.1, -0.05) is 11.6 Å². The van der Waals surface area contributed by atoms with E-state index in [1.807, 2.05) is 19.0 Å². The van der Waals surface area contributed by atoms with E-state index >= 15 is 0 Å². The molecule has 0 saturated heterocycles. The Labute approximate surface area is 154 Å². The van der Waals surface area contributed by atoms with Gasteiger partial charge in [-0.25, -0.2) is 0 Å². The van der Waals surface area contributed by atoms with Crippen LogP contribution in [0.4, 0.5) is 13.2 Å². The number of alkyl halides is 3. The second kappa shape index (κ2) is 8.42. The van der Waals surface area contributed by atoms with Crippen LogP contribution in [0.15, 0.2) is 47.1 Å². The standard InChI is InChI=1S/C18H18ClF3N2O2/c1-24(2)15(16-4-3-9-26-16)11-23-17(25)8-5-12-10-13(18(20,21)22)6-7-14(12)19/h3-10,15H,11H2,1-2H3,(H,23,25)/b8-5+. The van der Waals surface area contributed by atoms with Gasteiger partial charge in [0.1, 0.15) is 5.76 Å². The lowest BCUT2D eigenvalue weighted by molar-refractivity contribution is -0.137. The maximum Gasteiger partial charge on any atom is 0.416 e. The molecule has 0 fully saturated rings. The van der Waals surface area contributed by atoms with Crippen molar-refractivity contribution in [2.45, 2.75) is 12.2 Å². The van der Waals surface area contributed by atoms with Crippen molar-refractivity contribution < 1.29 is 22.4 Å². The number of hydrogen-bond acceptors (Lipinski definition) is 3. The van der Waals surface area contributed by atoms with Crippen molar-refractivity contribution in [1.29, 1.82) is 0 Å². The lowest BCUT2D eigenvalue weighted by atomic mass is 10.1. The van der Waals surface area contributed by atoms with Gasteiger partial charge in [0.05, 0.1) is 17.9 Å². The number of likely N-dealkylation sites (N-methyl/N-ethyl adjacent to an activating group) is 1. The van der Waals surface area contributed by atoms with Crippen LogP contribution in [0.5, 0.6) is 0 Å². The topological polar surface area (TPSA) is 45.5 Å². The quantitative estimate of drug-likeness (QED) is 0.749. The molecule has 4 nitrogen and oxygen atoms in total. The number of rotatable bonds is 6. The summed E-state index contributed by atoms with van der Waals surface area (Å²) in [4.78, 5) is 13.9. The van der Waals surface area contributed by atoms with Gasteiger partial charge in [-0.2, -0.15) is 13.2 Å². The molecule has 0 spiro atoms. The highest BCUT2D eigenvalue weighted by Gasteiger charge is 2.30. The third-order valence-electron chi connectivity index (χ3n) is 3.70. The first kappa shape index (κ1) is 20.1. The van der Waals surface area contributed by atoms with Crippen LogP contribution in [0.2, 0.25) is 5.02 Å². The highest BCUT2D eigenvalue weighted by Crippen LogP contribution is 2.32. The van der Waals surface area contributed by atoms with Crippen LogP contribution in [-0.2, 0) is 11.0 Å².